The van der Waals surface area contributed by atoms with E-state index in [-0.39, 0.29) is 0 Å². The van der Waals surface area contributed by atoms with E-state index in [1.165, 1.54) is 24.6 Å². The van der Waals surface area contributed by atoms with E-state index in [0.717, 1.165) is 6.04 Å². The van der Waals surface area contributed by atoms with Crippen LogP contribution in [0.1, 0.15) is 20.8 Å². The molecule has 0 N–H and O–H groups in total. The van der Waals surface area contributed by atoms with Crippen molar-refractivity contribution in [1.29, 1.82) is 0 Å². The molecular formula is C9H19NS. The zero-order chi connectivity index (χ0) is 8.27. The molecular weight excluding hydrogens is 154 g/mol. The van der Waals surface area contributed by atoms with Gasteiger partial charge in [-0.15, -0.1) is 0 Å². The predicted octanol–water partition coefficient (Wildman–Crippen LogP) is 1.80. The van der Waals surface area contributed by atoms with Crippen LogP contribution in [0.4, 0.5) is 0 Å². The van der Waals surface area contributed by atoms with Gasteiger partial charge in [0.2, 0.25) is 0 Å². The summed E-state index contributed by atoms with van der Waals surface area (Å²) >= 11 is 0. The Morgan fingerprint density at radius 3 is 2.18 bits per heavy atom. The second-order valence-electron chi connectivity index (χ2n) is 3.31. The van der Waals surface area contributed by atoms with E-state index in [9.17, 15) is 0 Å². The molecule has 0 bridgehead atoms. The minimum atomic E-state index is 0.644. The number of hydrogen-bond donors (Lipinski definition) is 0. The summed E-state index contributed by atoms with van der Waals surface area (Å²) in [5, 5.41) is 2.39. The van der Waals surface area contributed by atoms with Crippen molar-refractivity contribution in [2.45, 2.75) is 26.8 Å². The van der Waals surface area contributed by atoms with E-state index in [1.807, 2.05) is 0 Å². The molecule has 0 aromatic carbocycles. The van der Waals surface area contributed by atoms with E-state index in [2.05, 4.69) is 31.0 Å². The maximum absolute atomic E-state index is 2.58. The van der Waals surface area contributed by atoms with Gasteiger partial charge in [-0.2, -0.15) is 10.5 Å². The van der Waals surface area contributed by atoms with E-state index in [1.54, 1.807) is 0 Å². The van der Waals surface area contributed by atoms with Gasteiger partial charge in [-0.25, -0.2) is 0 Å². The number of nitrogens with zero attached hydrogens (tertiary/aromatic N) is 1. The second-order valence-corrected chi connectivity index (χ2v) is 5.67. The van der Waals surface area contributed by atoms with Gasteiger partial charge in [0.1, 0.15) is 0 Å². The standard InChI is InChI=1S/C9H19NS/c1-4-11-7-5-10(6-8-11)9(2)3/h4,9H,5-8H2,1-3H3. The summed E-state index contributed by atoms with van der Waals surface area (Å²) < 4.78 is 0. The molecule has 0 aromatic rings. The van der Waals surface area contributed by atoms with E-state index in [4.69, 9.17) is 0 Å². The first-order valence-corrected chi connectivity index (χ1v) is 6.06. The smallest absolute Gasteiger partial charge is 0.00708 e. The highest BCUT2D eigenvalue weighted by atomic mass is 32.2. The van der Waals surface area contributed by atoms with Gasteiger partial charge in [0, 0.05) is 30.6 Å². The summed E-state index contributed by atoms with van der Waals surface area (Å²) in [5.41, 5.74) is 0. The summed E-state index contributed by atoms with van der Waals surface area (Å²) in [6.45, 7) is 9.41. The molecule has 1 nitrogen and oxygen atoms in total. The molecule has 0 unspecified atom stereocenters. The molecule has 66 valence electrons. The Balaban J connectivity index is 2.36. The summed E-state index contributed by atoms with van der Waals surface area (Å²) in [7, 11) is 0.644. The van der Waals surface area contributed by atoms with Gasteiger partial charge < -0.3 is 0 Å². The molecule has 1 aliphatic heterocycles. The molecule has 1 aliphatic rings. The van der Waals surface area contributed by atoms with Crippen LogP contribution in [0.3, 0.4) is 0 Å². The van der Waals surface area contributed by atoms with Gasteiger partial charge in [-0.3, -0.25) is 4.90 Å². The van der Waals surface area contributed by atoms with Crippen LogP contribution in [0.5, 0.6) is 0 Å². The van der Waals surface area contributed by atoms with Gasteiger partial charge in [-0.05, 0) is 20.8 Å². The molecule has 1 fully saturated rings. The zero-order valence-corrected chi connectivity index (χ0v) is 8.66. The zero-order valence-electron chi connectivity index (χ0n) is 7.84. The van der Waals surface area contributed by atoms with Crippen molar-refractivity contribution in [2.75, 3.05) is 24.6 Å². The monoisotopic (exact) mass is 173 g/mol. The quantitative estimate of drug-likeness (QED) is 0.547. The Kier molecular flexibility index (Phi) is 3.60. The molecule has 0 aliphatic carbocycles. The minimum Gasteiger partial charge on any atom is -0.299 e. The van der Waals surface area contributed by atoms with Crippen molar-refractivity contribution in [3.8, 4) is 0 Å². The highest BCUT2D eigenvalue weighted by molar-refractivity contribution is 8.15. The fourth-order valence-electron chi connectivity index (χ4n) is 1.43. The maximum Gasteiger partial charge on any atom is 0.00708 e. The average Bonchev–Trinajstić information content (AvgIpc) is 2.05. The second kappa shape index (κ2) is 4.27. The summed E-state index contributed by atoms with van der Waals surface area (Å²) in [6, 6.07) is 0.748. The van der Waals surface area contributed by atoms with E-state index < -0.39 is 0 Å². The Bertz CT molecular complexity index is 142. The van der Waals surface area contributed by atoms with Gasteiger partial charge >= 0.3 is 0 Å². The first kappa shape index (κ1) is 9.27. The third-order valence-electron chi connectivity index (χ3n) is 2.35. The lowest BCUT2D eigenvalue weighted by Gasteiger charge is -2.31. The fourth-order valence-corrected chi connectivity index (χ4v) is 3.05. The largest absolute Gasteiger partial charge is 0.299 e. The first-order chi connectivity index (χ1) is 5.24. The van der Waals surface area contributed by atoms with E-state index >= 15 is 0 Å². The minimum absolute atomic E-state index is 0.644. The fraction of sp³-hybridized carbons (Fsp3) is 0.889. The van der Waals surface area contributed by atoms with Gasteiger partial charge in [0.25, 0.3) is 0 Å². The molecule has 0 aromatic heterocycles. The topological polar surface area (TPSA) is 3.24 Å². The molecule has 0 atom stereocenters. The van der Waals surface area contributed by atoms with Crippen LogP contribution in [-0.2, 0) is 0 Å². The van der Waals surface area contributed by atoms with Crippen molar-refractivity contribution in [1.82, 2.24) is 4.90 Å². The molecule has 0 radical (unpaired) electrons. The van der Waals surface area contributed by atoms with Crippen LogP contribution in [-0.4, -0.2) is 40.9 Å². The van der Waals surface area contributed by atoms with Crippen molar-refractivity contribution < 1.29 is 0 Å². The van der Waals surface area contributed by atoms with Crippen LogP contribution < -0.4 is 0 Å². The summed E-state index contributed by atoms with van der Waals surface area (Å²) in [5.74, 6) is 2.80. The van der Waals surface area contributed by atoms with Crippen LogP contribution in [0.2, 0.25) is 0 Å². The van der Waals surface area contributed by atoms with Crippen molar-refractivity contribution in [2.24, 2.45) is 0 Å². The molecule has 0 saturated carbocycles. The Hall–Kier alpha value is 0.180. The maximum atomic E-state index is 2.58. The molecule has 1 rings (SSSR count). The first-order valence-electron chi connectivity index (χ1n) is 4.44. The summed E-state index contributed by atoms with van der Waals surface area (Å²) in [6.07, 6.45) is 0. The van der Waals surface area contributed by atoms with E-state index in [0.29, 0.717) is 10.5 Å². The van der Waals surface area contributed by atoms with Gasteiger partial charge in [-0.1, -0.05) is 5.37 Å². The van der Waals surface area contributed by atoms with Crippen molar-refractivity contribution in [3.05, 3.63) is 0 Å². The molecule has 0 spiro atoms. The SMILES string of the molecule is CC=S1CCN(C(C)C)CC1. The van der Waals surface area contributed by atoms with Crippen molar-refractivity contribution in [3.63, 3.8) is 0 Å². The lowest BCUT2D eigenvalue weighted by Crippen LogP contribution is -2.38. The van der Waals surface area contributed by atoms with Crippen LogP contribution in [0.15, 0.2) is 0 Å². The highest BCUT2D eigenvalue weighted by Gasteiger charge is 2.14. The Morgan fingerprint density at radius 2 is 1.82 bits per heavy atom. The summed E-state index contributed by atoms with van der Waals surface area (Å²) in [4.78, 5) is 2.58. The molecule has 1 saturated heterocycles. The average molecular weight is 173 g/mol. The highest BCUT2D eigenvalue weighted by Crippen LogP contribution is 2.18. The van der Waals surface area contributed by atoms with Crippen molar-refractivity contribution >= 4 is 15.9 Å². The Labute approximate surface area is 72.7 Å². The lowest BCUT2D eigenvalue weighted by molar-refractivity contribution is 0.245. The third-order valence-corrected chi connectivity index (χ3v) is 4.43. The molecule has 11 heavy (non-hydrogen) atoms. The molecule has 2 heteroatoms. The number of hydrogen-bond acceptors (Lipinski definition) is 1. The number of rotatable bonds is 1. The normalized spacial score (nSPS) is 22.5. The molecule has 1 heterocycles. The lowest BCUT2D eigenvalue weighted by atomic mass is 10.3. The predicted molar refractivity (Wildman–Crippen MR) is 55.8 cm³/mol. The van der Waals surface area contributed by atoms with Crippen LogP contribution in [0, 0.1) is 0 Å². The van der Waals surface area contributed by atoms with Gasteiger partial charge in [0.05, 0.1) is 0 Å². The Morgan fingerprint density at radius 1 is 1.27 bits per heavy atom. The van der Waals surface area contributed by atoms with Crippen LogP contribution >= 0.6 is 10.5 Å². The molecule has 0 amide bonds. The van der Waals surface area contributed by atoms with Crippen LogP contribution in [0.25, 0.3) is 0 Å². The third kappa shape index (κ3) is 2.60. The van der Waals surface area contributed by atoms with Gasteiger partial charge in [0.15, 0.2) is 0 Å².